The van der Waals surface area contributed by atoms with Gasteiger partial charge in [-0.05, 0) is 30.3 Å². The van der Waals surface area contributed by atoms with Gasteiger partial charge in [-0.15, -0.1) is 0 Å². The number of aliphatic hydroxyl groups excluding tert-OH is 1. The molecule has 27 nitrogen and oxygen atoms in total. The first-order chi connectivity index (χ1) is 32.0. The van der Waals surface area contributed by atoms with Crippen LogP contribution in [0.15, 0.2) is 30.3 Å². The van der Waals surface area contributed by atoms with E-state index in [4.69, 9.17) is 33.2 Å². The van der Waals surface area contributed by atoms with Crippen LogP contribution >= 0.6 is 0 Å². The van der Waals surface area contributed by atoms with E-state index >= 15 is 0 Å². The summed E-state index contributed by atoms with van der Waals surface area (Å²) in [7, 11) is 0. The fraction of sp³-hybridized carbons (Fsp3) is 0.244. The van der Waals surface area contributed by atoms with Gasteiger partial charge in [-0.3, -0.25) is 9.59 Å². The predicted molar refractivity (Wildman–Crippen MR) is 206 cm³/mol. The number of rotatable bonds is 4. The van der Waals surface area contributed by atoms with Crippen LogP contribution in [0, 0.1) is 5.92 Å². The number of carboxylic acid groups (broad SMARTS) is 1. The minimum absolute atomic E-state index is 0.361. The Morgan fingerprint density at radius 1 is 0.588 bits per heavy atom. The number of phenols is 11. The molecule has 0 aromatic heterocycles. The molecule has 68 heavy (non-hydrogen) atoms. The Labute approximate surface area is 374 Å². The number of carbonyl (C=O) groups excluding carboxylic acids is 6. The molecule has 4 heterocycles. The average Bonchev–Trinajstić information content (AvgIpc) is 3.28. The van der Waals surface area contributed by atoms with E-state index in [9.17, 15) is 99.9 Å². The van der Waals surface area contributed by atoms with Gasteiger partial charge in [0.2, 0.25) is 29.6 Å². The lowest BCUT2D eigenvalue weighted by molar-refractivity contribution is -0.287. The van der Waals surface area contributed by atoms with Crippen molar-refractivity contribution in [3.05, 3.63) is 58.1 Å². The Morgan fingerprint density at radius 3 is 1.69 bits per heavy atom. The maximum absolute atomic E-state index is 14.6. The number of aliphatic carboxylic acids is 1. The second-order valence-electron chi connectivity index (χ2n) is 15.2. The number of carboxylic acids is 1. The zero-order valence-electron chi connectivity index (χ0n) is 33.4. The number of aromatic hydroxyl groups is 11. The van der Waals surface area contributed by atoms with E-state index < -0.39 is 211 Å². The number of carbonyl (C=O) groups is 7. The molecule has 4 aliphatic rings. The second kappa shape index (κ2) is 16.4. The molecule has 4 aliphatic heterocycles. The van der Waals surface area contributed by atoms with E-state index in [1.54, 1.807) is 0 Å². The van der Waals surface area contributed by atoms with Gasteiger partial charge < -0.3 is 99.5 Å². The molecule has 0 saturated carbocycles. The zero-order chi connectivity index (χ0) is 49.5. The van der Waals surface area contributed by atoms with Crippen LogP contribution in [-0.4, -0.2) is 152 Å². The fourth-order valence-corrected chi connectivity index (χ4v) is 8.04. The quantitative estimate of drug-likeness (QED) is 0.0554. The number of phenolic OH excluding ortho intramolecular Hbond substituents is 11. The number of fused-ring (bicyclic) bond motifs is 3. The highest BCUT2D eigenvalue weighted by atomic mass is 16.7. The van der Waals surface area contributed by atoms with Gasteiger partial charge in [0.05, 0.1) is 34.6 Å². The summed E-state index contributed by atoms with van der Waals surface area (Å²) in [5.41, 5.74) is -7.08. The molecule has 4 aromatic carbocycles. The molecule has 27 heteroatoms. The summed E-state index contributed by atoms with van der Waals surface area (Å²) in [6.45, 7) is -1.31. The van der Waals surface area contributed by atoms with Crippen molar-refractivity contribution in [1.29, 1.82) is 0 Å². The summed E-state index contributed by atoms with van der Waals surface area (Å²) < 4.78 is 38.8. The first kappa shape index (κ1) is 45.5. The number of hydrogen-bond donors (Lipinski definition) is 13. The summed E-state index contributed by atoms with van der Waals surface area (Å²) in [5, 5.41) is 137. The van der Waals surface area contributed by atoms with E-state index in [0.29, 0.717) is 30.3 Å². The molecule has 356 valence electrons. The Bertz CT molecular complexity index is 2900. The minimum Gasteiger partial charge on any atom is -0.504 e. The third-order valence-electron chi connectivity index (χ3n) is 11.2. The zero-order valence-corrected chi connectivity index (χ0v) is 33.4. The van der Waals surface area contributed by atoms with Crippen molar-refractivity contribution in [2.24, 2.45) is 5.92 Å². The Morgan fingerprint density at radius 2 is 1.10 bits per heavy atom. The fourth-order valence-electron chi connectivity index (χ4n) is 8.04. The number of esters is 6. The highest BCUT2D eigenvalue weighted by molar-refractivity contribution is 6.08. The van der Waals surface area contributed by atoms with Gasteiger partial charge in [0.15, 0.2) is 70.1 Å². The lowest BCUT2D eigenvalue weighted by Gasteiger charge is -2.44. The van der Waals surface area contributed by atoms with Gasteiger partial charge in [-0.1, -0.05) is 0 Å². The Balaban J connectivity index is 1.39. The smallest absolute Gasteiger partial charge is 0.341 e. The van der Waals surface area contributed by atoms with Gasteiger partial charge >= 0.3 is 41.8 Å². The number of ether oxygens (including phenoxy) is 7. The van der Waals surface area contributed by atoms with Gasteiger partial charge in [-0.25, -0.2) is 24.0 Å². The van der Waals surface area contributed by atoms with Crippen molar-refractivity contribution >= 4 is 41.8 Å². The molecule has 8 rings (SSSR count). The molecule has 4 bridgehead atoms. The normalized spacial score (nSPS) is 24.3. The monoisotopic (exact) mass is 954 g/mol. The van der Waals surface area contributed by atoms with Gasteiger partial charge in [0.1, 0.15) is 12.7 Å². The molecule has 0 radical (unpaired) electrons. The van der Waals surface area contributed by atoms with Crippen LogP contribution in [0.5, 0.6) is 69.0 Å². The molecule has 13 N–H and O–H groups in total. The van der Waals surface area contributed by atoms with E-state index in [2.05, 4.69) is 0 Å². The van der Waals surface area contributed by atoms with Crippen LogP contribution in [0.2, 0.25) is 0 Å². The van der Waals surface area contributed by atoms with Crippen LogP contribution in [0.4, 0.5) is 0 Å². The molecular weight excluding hydrogens is 924 g/mol. The van der Waals surface area contributed by atoms with Crippen molar-refractivity contribution in [3.8, 4) is 80.1 Å². The van der Waals surface area contributed by atoms with Crippen LogP contribution in [-0.2, 0) is 42.8 Å². The molecule has 4 aromatic rings. The SMILES string of the molecule is O=C(O)C[C@@H]1C(=O)O[C@@H]2[C@H]3OC(=O)c4cc(O)c(O)c(O)c4-c4c(cc(O)c(O)c4O)C(=O)OC[C@@H]2O[C@@H](OC(=O)c2cc(O)c(O)c(O)c2)[C@H]3OC(=O)c2cc(O)c(O)c3c2[C@H]1[C@H](O)C(=O)O3. The van der Waals surface area contributed by atoms with E-state index in [-0.39, 0.29) is 0 Å². The standard InChI is InChI=1S/C41H30O27/c42-13-1-8(2-14(43)24(13)49)35(56)68-41-34-33-31(64-39(60)12(6-19(47)48)22-23-11(38(59)67-34)5-17(46)27(52)32(23)65-40(61)30(22)55)18(63-41)7-62-36(57)9-3-15(44)25(50)28(53)20(9)21-10(37(58)66-33)4-16(45)26(51)29(21)54/h1-5,12,18,22,30-31,33-34,41-46,49-55H,6-7H2,(H,47,48)/t12-,18-,22-,30-,31-,33+,34-,41-/m0/s1. The number of benzene rings is 4. The largest absolute Gasteiger partial charge is 0.504 e. The summed E-state index contributed by atoms with van der Waals surface area (Å²) in [6, 6.07) is 2.36. The lowest BCUT2D eigenvalue weighted by Crippen LogP contribution is -2.63. The minimum atomic E-state index is -2.58. The van der Waals surface area contributed by atoms with Gasteiger partial charge in [0, 0.05) is 22.6 Å². The third kappa shape index (κ3) is 7.31. The first-order valence-electron chi connectivity index (χ1n) is 19.2. The molecule has 0 amide bonds. The molecule has 0 unspecified atom stereocenters. The van der Waals surface area contributed by atoms with Crippen molar-refractivity contribution in [3.63, 3.8) is 0 Å². The predicted octanol–water partition coefficient (Wildman–Crippen LogP) is -0.00170. The van der Waals surface area contributed by atoms with Crippen molar-refractivity contribution in [2.75, 3.05) is 6.61 Å². The summed E-state index contributed by atoms with van der Waals surface area (Å²) in [4.78, 5) is 96.8. The molecule has 1 saturated heterocycles. The number of hydrogen-bond acceptors (Lipinski definition) is 26. The average molecular weight is 955 g/mol. The second-order valence-corrected chi connectivity index (χ2v) is 15.2. The summed E-state index contributed by atoms with van der Waals surface area (Å²) in [6.07, 6.45) is -16.3. The van der Waals surface area contributed by atoms with Crippen molar-refractivity contribution < 1.29 is 133 Å². The molecule has 1 fully saturated rings. The maximum Gasteiger partial charge on any atom is 0.341 e. The molecule has 0 aliphatic carbocycles. The van der Waals surface area contributed by atoms with Crippen LogP contribution < -0.4 is 4.74 Å². The Hall–Kier alpha value is -9.11. The van der Waals surface area contributed by atoms with Crippen molar-refractivity contribution in [2.45, 2.75) is 49.1 Å². The summed E-state index contributed by atoms with van der Waals surface area (Å²) in [5.74, 6) is -32.0. The molecule has 0 spiro atoms. The summed E-state index contributed by atoms with van der Waals surface area (Å²) >= 11 is 0. The van der Waals surface area contributed by atoms with Crippen LogP contribution in [0.3, 0.4) is 0 Å². The topological polar surface area (TPSA) is 447 Å². The van der Waals surface area contributed by atoms with Crippen LogP contribution in [0.25, 0.3) is 11.1 Å². The highest BCUT2D eigenvalue weighted by Crippen LogP contribution is 2.54. The number of aliphatic hydroxyl groups is 1. The highest BCUT2D eigenvalue weighted by Gasteiger charge is 2.58. The maximum atomic E-state index is 14.6. The van der Waals surface area contributed by atoms with Gasteiger partial charge in [0.25, 0.3) is 0 Å². The van der Waals surface area contributed by atoms with E-state index in [0.717, 1.165) is 0 Å². The van der Waals surface area contributed by atoms with E-state index in [1.165, 1.54) is 0 Å². The molecular formula is C41H30O27. The third-order valence-corrected chi connectivity index (χ3v) is 11.2. The van der Waals surface area contributed by atoms with Crippen LogP contribution in [0.1, 0.15) is 59.3 Å². The first-order valence-corrected chi connectivity index (χ1v) is 19.2. The van der Waals surface area contributed by atoms with Gasteiger partial charge in [-0.2, -0.15) is 0 Å². The van der Waals surface area contributed by atoms with Crippen molar-refractivity contribution in [1.82, 2.24) is 0 Å². The Kier molecular flexibility index (Phi) is 11.0. The molecule has 8 atom stereocenters. The number of cyclic esters (lactones) is 1. The van der Waals surface area contributed by atoms with E-state index in [1.807, 2.05) is 0 Å². The lowest BCUT2D eigenvalue weighted by atomic mass is 9.76.